The summed E-state index contributed by atoms with van der Waals surface area (Å²) >= 11 is 0. The Kier molecular flexibility index (Phi) is 7.89. The molecular weight excluding hydrogens is 428 g/mol. The number of imidazole rings is 1. The fourth-order valence-corrected chi connectivity index (χ4v) is 4.35. The number of pyridine rings is 1. The number of H-pyrrole nitrogens is 2. The number of aromatic amines is 2. The largest absolute Gasteiger partial charge is 0.387 e. The van der Waals surface area contributed by atoms with Gasteiger partial charge < -0.3 is 20.4 Å². The van der Waals surface area contributed by atoms with Crippen LogP contribution < -0.4 is 5.32 Å². The lowest BCUT2D eigenvalue weighted by Crippen LogP contribution is -2.29. The van der Waals surface area contributed by atoms with Crippen LogP contribution in [0.15, 0.2) is 48.8 Å². The Balaban J connectivity index is 0.000000257. The number of rotatable bonds is 6. The van der Waals surface area contributed by atoms with E-state index in [1.165, 1.54) is 32.1 Å². The first-order valence-electron chi connectivity index (χ1n) is 11.8. The van der Waals surface area contributed by atoms with E-state index in [1.807, 2.05) is 42.6 Å². The molecule has 8 heteroatoms. The summed E-state index contributed by atoms with van der Waals surface area (Å²) in [7, 11) is 0. The first kappa shape index (κ1) is 23.5. The van der Waals surface area contributed by atoms with Gasteiger partial charge in [0.1, 0.15) is 17.0 Å². The normalized spacial score (nSPS) is 14.8. The number of nitrogens with one attached hydrogen (secondary N) is 3. The molecule has 1 amide bonds. The van der Waals surface area contributed by atoms with E-state index in [0.29, 0.717) is 5.82 Å². The first-order chi connectivity index (χ1) is 16.6. The summed E-state index contributed by atoms with van der Waals surface area (Å²) in [6.07, 6.45) is 10.4. The molecule has 4 aromatic rings. The Bertz CT molecular complexity index is 1250. The maximum absolute atomic E-state index is 12.1. The molecule has 1 unspecified atom stereocenters. The van der Waals surface area contributed by atoms with Crippen LogP contribution >= 0.6 is 0 Å². The molecule has 3 aromatic heterocycles. The van der Waals surface area contributed by atoms with Crippen molar-refractivity contribution in [1.29, 1.82) is 5.26 Å². The van der Waals surface area contributed by atoms with Gasteiger partial charge in [0.15, 0.2) is 0 Å². The highest BCUT2D eigenvalue weighted by Gasteiger charge is 2.14. The minimum absolute atomic E-state index is 0.113. The Labute approximate surface area is 198 Å². The van der Waals surface area contributed by atoms with E-state index < -0.39 is 6.10 Å². The quantitative estimate of drug-likeness (QED) is 0.342. The third kappa shape index (κ3) is 6.00. The van der Waals surface area contributed by atoms with Crippen molar-refractivity contribution in [1.82, 2.24) is 25.3 Å². The predicted octanol–water partition coefficient (Wildman–Crippen LogP) is 4.31. The standard InChI is InChI=1S/C18H17N5O2.C8H13N/c24-14(11-4-2-1-3-5-11)10-20-16(25)8-15-22-13-9-21-18-12(6-7-19-18)17(13)23-15;9-7-6-8-4-2-1-3-5-8/h1-7,9,14,24H,8,10H2,(H,19,21)(H,20,25)(H,22,23);8H,1-6H2. The number of aliphatic hydroxyl groups excluding tert-OH is 1. The van der Waals surface area contributed by atoms with E-state index in [4.69, 9.17) is 5.26 Å². The van der Waals surface area contributed by atoms with Crippen molar-refractivity contribution in [2.24, 2.45) is 5.92 Å². The van der Waals surface area contributed by atoms with E-state index in [0.717, 1.165) is 40.0 Å². The second-order valence-corrected chi connectivity index (χ2v) is 8.72. The number of nitrogens with zero attached hydrogens (tertiary/aromatic N) is 3. The maximum atomic E-state index is 12.1. The van der Waals surface area contributed by atoms with Gasteiger partial charge in [-0.05, 0) is 30.4 Å². The van der Waals surface area contributed by atoms with Gasteiger partial charge in [-0.1, -0.05) is 49.6 Å². The third-order valence-electron chi connectivity index (χ3n) is 6.19. The van der Waals surface area contributed by atoms with Crippen molar-refractivity contribution in [3.8, 4) is 6.07 Å². The van der Waals surface area contributed by atoms with E-state index in [1.54, 1.807) is 6.20 Å². The van der Waals surface area contributed by atoms with Gasteiger partial charge >= 0.3 is 0 Å². The van der Waals surface area contributed by atoms with Gasteiger partial charge in [-0.3, -0.25) is 4.79 Å². The molecular formula is C26H30N6O2. The average Bonchev–Trinajstić information content (AvgIpc) is 3.51. The van der Waals surface area contributed by atoms with Crippen LogP contribution in [-0.4, -0.2) is 37.5 Å². The predicted molar refractivity (Wildman–Crippen MR) is 131 cm³/mol. The van der Waals surface area contributed by atoms with Crippen LogP contribution in [0.3, 0.4) is 0 Å². The van der Waals surface area contributed by atoms with Gasteiger partial charge in [0, 0.05) is 24.5 Å². The summed E-state index contributed by atoms with van der Waals surface area (Å²) in [6.45, 7) is 0.159. The number of amides is 1. The van der Waals surface area contributed by atoms with Crippen molar-refractivity contribution < 1.29 is 9.90 Å². The highest BCUT2D eigenvalue weighted by Crippen LogP contribution is 2.25. The lowest BCUT2D eigenvalue weighted by molar-refractivity contribution is -0.121. The zero-order chi connectivity index (χ0) is 23.8. The number of hydrogen-bond donors (Lipinski definition) is 4. The molecule has 4 N–H and O–H groups in total. The summed E-state index contributed by atoms with van der Waals surface area (Å²) in [5, 5.41) is 22.1. The van der Waals surface area contributed by atoms with Crippen LogP contribution in [-0.2, 0) is 11.2 Å². The zero-order valence-corrected chi connectivity index (χ0v) is 19.1. The van der Waals surface area contributed by atoms with Gasteiger partial charge in [0.2, 0.25) is 5.91 Å². The third-order valence-corrected chi connectivity index (χ3v) is 6.19. The van der Waals surface area contributed by atoms with E-state index in [-0.39, 0.29) is 18.9 Å². The van der Waals surface area contributed by atoms with Gasteiger partial charge in [0.05, 0.1) is 30.3 Å². The smallest absolute Gasteiger partial charge is 0.227 e. The summed E-state index contributed by atoms with van der Waals surface area (Å²) in [5.41, 5.74) is 3.12. The van der Waals surface area contributed by atoms with E-state index in [9.17, 15) is 9.90 Å². The van der Waals surface area contributed by atoms with Crippen molar-refractivity contribution in [2.45, 2.75) is 51.0 Å². The highest BCUT2D eigenvalue weighted by atomic mass is 16.3. The fraction of sp³-hybridized carbons (Fsp3) is 0.385. The van der Waals surface area contributed by atoms with Crippen molar-refractivity contribution >= 4 is 28.0 Å². The minimum atomic E-state index is -0.732. The summed E-state index contributed by atoms with van der Waals surface area (Å²) in [4.78, 5) is 27.1. The Morgan fingerprint density at radius 2 is 2.00 bits per heavy atom. The van der Waals surface area contributed by atoms with E-state index in [2.05, 4.69) is 31.3 Å². The lowest BCUT2D eigenvalue weighted by atomic mass is 9.87. The Morgan fingerprint density at radius 1 is 1.21 bits per heavy atom. The topological polar surface area (TPSA) is 130 Å². The monoisotopic (exact) mass is 458 g/mol. The number of nitriles is 1. The van der Waals surface area contributed by atoms with Gasteiger partial charge in [-0.25, -0.2) is 9.97 Å². The molecule has 1 aliphatic rings. The zero-order valence-electron chi connectivity index (χ0n) is 19.1. The molecule has 3 heterocycles. The van der Waals surface area contributed by atoms with Crippen molar-refractivity contribution in [2.75, 3.05) is 6.54 Å². The second-order valence-electron chi connectivity index (χ2n) is 8.72. The number of carbonyl (C=O) groups excluding carboxylic acids is 1. The number of carbonyl (C=O) groups is 1. The molecule has 1 atom stereocenters. The van der Waals surface area contributed by atoms with Crippen LogP contribution in [0.1, 0.15) is 56.0 Å². The van der Waals surface area contributed by atoms with Crippen LogP contribution in [0, 0.1) is 17.2 Å². The molecule has 5 rings (SSSR count). The molecule has 0 bridgehead atoms. The van der Waals surface area contributed by atoms with Crippen LogP contribution in [0.25, 0.3) is 22.1 Å². The number of hydrogen-bond acceptors (Lipinski definition) is 5. The van der Waals surface area contributed by atoms with Crippen LogP contribution in [0.5, 0.6) is 0 Å². The Hall–Kier alpha value is -3.70. The highest BCUT2D eigenvalue weighted by molar-refractivity contribution is 6.00. The Morgan fingerprint density at radius 3 is 2.76 bits per heavy atom. The molecule has 1 saturated carbocycles. The summed E-state index contributed by atoms with van der Waals surface area (Å²) < 4.78 is 0. The summed E-state index contributed by atoms with van der Waals surface area (Å²) in [6, 6.07) is 13.4. The fourth-order valence-electron chi connectivity index (χ4n) is 4.35. The van der Waals surface area contributed by atoms with Gasteiger partial charge in [0.25, 0.3) is 0 Å². The van der Waals surface area contributed by atoms with Crippen LogP contribution in [0.4, 0.5) is 0 Å². The molecule has 0 saturated heterocycles. The molecule has 1 aliphatic carbocycles. The van der Waals surface area contributed by atoms with E-state index >= 15 is 0 Å². The molecule has 176 valence electrons. The SMILES string of the molecule is N#CCC1CCCCC1.O=C(Cc1nc2c(cnc3[nH]ccc32)[nH]1)NCC(O)c1ccccc1. The molecule has 1 aromatic carbocycles. The first-order valence-corrected chi connectivity index (χ1v) is 11.8. The van der Waals surface area contributed by atoms with Crippen molar-refractivity contribution in [3.63, 3.8) is 0 Å². The molecule has 0 radical (unpaired) electrons. The van der Waals surface area contributed by atoms with Crippen molar-refractivity contribution in [3.05, 3.63) is 60.2 Å². The lowest BCUT2D eigenvalue weighted by Gasteiger charge is -2.17. The average molecular weight is 459 g/mol. The number of benzene rings is 1. The molecule has 0 spiro atoms. The molecule has 0 aliphatic heterocycles. The second kappa shape index (κ2) is 11.4. The number of fused-ring (bicyclic) bond motifs is 3. The number of aliphatic hydroxyl groups is 1. The van der Waals surface area contributed by atoms with Gasteiger partial charge in [-0.2, -0.15) is 5.26 Å². The molecule has 34 heavy (non-hydrogen) atoms. The van der Waals surface area contributed by atoms with Crippen LogP contribution in [0.2, 0.25) is 0 Å². The molecule has 8 nitrogen and oxygen atoms in total. The summed E-state index contributed by atoms with van der Waals surface area (Å²) in [5.74, 6) is 1.10. The minimum Gasteiger partial charge on any atom is -0.387 e. The maximum Gasteiger partial charge on any atom is 0.227 e. The number of aromatic nitrogens is 4. The van der Waals surface area contributed by atoms with Gasteiger partial charge in [-0.15, -0.1) is 0 Å². The molecule has 1 fully saturated rings.